The van der Waals surface area contributed by atoms with Gasteiger partial charge >= 0.3 is 0 Å². The van der Waals surface area contributed by atoms with E-state index < -0.39 is 0 Å². The van der Waals surface area contributed by atoms with Gasteiger partial charge in [-0.25, -0.2) is 0 Å². The molecule has 78 valence electrons. The van der Waals surface area contributed by atoms with Crippen molar-refractivity contribution in [3.05, 3.63) is 35.4 Å². The minimum Gasteiger partial charge on any atom is -0.481 e. The second kappa shape index (κ2) is 5.93. The number of rotatable bonds is 3. The lowest BCUT2D eigenvalue weighted by Crippen LogP contribution is -1.93. The van der Waals surface area contributed by atoms with E-state index in [1.165, 1.54) is 11.1 Å². The molecule has 0 spiro atoms. The van der Waals surface area contributed by atoms with Gasteiger partial charge in [-0.2, -0.15) is 0 Å². The maximum absolute atomic E-state index is 5.41. The SMILES string of the molecule is CC#CCOc1ccc(C=C(C)C)cc1. The third-order valence-electron chi connectivity index (χ3n) is 1.82. The van der Waals surface area contributed by atoms with Gasteiger partial charge in [0, 0.05) is 0 Å². The first-order valence-electron chi connectivity index (χ1n) is 5.00. The first-order chi connectivity index (χ1) is 7.22. The molecule has 0 bridgehead atoms. The van der Waals surface area contributed by atoms with Crippen LogP contribution in [0, 0.1) is 11.8 Å². The highest BCUT2D eigenvalue weighted by molar-refractivity contribution is 5.52. The van der Waals surface area contributed by atoms with Gasteiger partial charge in [-0.15, -0.1) is 5.92 Å². The Labute approximate surface area is 91.8 Å². The van der Waals surface area contributed by atoms with Gasteiger partial charge < -0.3 is 4.74 Å². The summed E-state index contributed by atoms with van der Waals surface area (Å²) in [6, 6.07) is 8.02. The molecule has 0 atom stereocenters. The molecule has 0 aliphatic heterocycles. The van der Waals surface area contributed by atoms with Crippen LogP contribution in [0.2, 0.25) is 0 Å². The molecule has 0 amide bonds. The van der Waals surface area contributed by atoms with Gasteiger partial charge in [-0.05, 0) is 38.5 Å². The zero-order chi connectivity index (χ0) is 11.1. The summed E-state index contributed by atoms with van der Waals surface area (Å²) in [5.41, 5.74) is 2.49. The van der Waals surface area contributed by atoms with Crippen LogP contribution in [0.4, 0.5) is 0 Å². The number of allylic oxidation sites excluding steroid dienone is 1. The van der Waals surface area contributed by atoms with Crippen molar-refractivity contribution in [1.82, 2.24) is 0 Å². The highest BCUT2D eigenvalue weighted by atomic mass is 16.5. The summed E-state index contributed by atoms with van der Waals surface area (Å²) < 4.78 is 5.41. The van der Waals surface area contributed by atoms with Crippen LogP contribution >= 0.6 is 0 Å². The van der Waals surface area contributed by atoms with E-state index in [9.17, 15) is 0 Å². The van der Waals surface area contributed by atoms with E-state index in [0.29, 0.717) is 6.61 Å². The topological polar surface area (TPSA) is 9.23 Å². The average molecular weight is 200 g/mol. The van der Waals surface area contributed by atoms with E-state index in [2.05, 4.69) is 31.8 Å². The molecule has 0 N–H and O–H groups in total. The highest BCUT2D eigenvalue weighted by Crippen LogP contribution is 2.14. The molecule has 0 saturated carbocycles. The molecule has 1 aromatic carbocycles. The van der Waals surface area contributed by atoms with Crippen LogP contribution in [-0.4, -0.2) is 6.61 Å². The summed E-state index contributed by atoms with van der Waals surface area (Å²) in [5, 5.41) is 0. The van der Waals surface area contributed by atoms with E-state index in [-0.39, 0.29) is 0 Å². The third kappa shape index (κ3) is 4.37. The summed E-state index contributed by atoms with van der Waals surface area (Å²) in [5.74, 6) is 6.51. The Kier molecular flexibility index (Phi) is 4.50. The molecular formula is C14H16O. The largest absolute Gasteiger partial charge is 0.481 e. The first kappa shape index (κ1) is 11.4. The Hall–Kier alpha value is -1.68. The molecule has 0 aromatic heterocycles. The summed E-state index contributed by atoms with van der Waals surface area (Å²) in [6.07, 6.45) is 2.13. The quantitative estimate of drug-likeness (QED) is 0.678. The summed E-state index contributed by atoms with van der Waals surface area (Å²) >= 11 is 0. The number of benzene rings is 1. The molecule has 0 fully saturated rings. The molecule has 1 rings (SSSR count). The molecule has 15 heavy (non-hydrogen) atoms. The fourth-order valence-corrected chi connectivity index (χ4v) is 1.19. The van der Waals surface area contributed by atoms with Crippen LogP contribution < -0.4 is 4.74 Å². The van der Waals surface area contributed by atoms with Crippen LogP contribution in [-0.2, 0) is 0 Å². The number of hydrogen-bond donors (Lipinski definition) is 0. The lowest BCUT2D eigenvalue weighted by Gasteiger charge is -2.02. The van der Waals surface area contributed by atoms with Crippen molar-refractivity contribution in [2.24, 2.45) is 0 Å². The Morgan fingerprint density at radius 1 is 1.27 bits per heavy atom. The predicted octanol–water partition coefficient (Wildman–Crippen LogP) is 3.51. The van der Waals surface area contributed by atoms with Gasteiger partial charge in [0.05, 0.1) is 0 Å². The van der Waals surface area contributed by atoms with Crippen molar-refractivity contribution in [1.29, 1.82) is 0 Å². The second-order valence-corrected chi connectivity index (χ2v) is 3.51. The van der Waals surface area contributed by atoms with E-state index in [1.54, 1.807) is 6.92 Å². The summed E-state index contributed by atoms with van der Waals surface area (Å²) in [6.45, 7) is 6.43. The Morgan fingerprint density at radius 2 is 1.93 bits per heavy atom. The van der Waals surface area contributed by atoms with Crippen molar-refractivity contribution in [2.75, 3.05) is 6.61 Å². The van der Waals surface area contributed by atoms with E-state index >= 15 is 0 Å². The standard InChI is InChI=1S/C14H16O/c1-4-5-10-15-14-8-6-13(7-9-14)11-12(2)3/h6-9,11H,10H2,1-3H3. The Bertz CT molecular complexity index is 384. The molecule has 1 aromatic rings. The number of hydrogen-bond acceptors (Lipinski definition) is 1. The number of ether oxygens (including phenoxy) is 1. The first-order valence-corrected chi connectivity index (χ1v) is 5.00. The van der Waals surface area contributed by atoms with Gasteiger partial charge in [0.15, 0.2) is 0 Å². The molecule has 1 heteroatoms. The fourth-order valence-electron chi connectivity index (χ4n) is 1.19. The summed E-state index contributed by atoms with van der Waals surface area (Å²) in [7, 11) is 0. The van der Waals surface area contributed by atoms with Crippen molar-refractivity contribution < 1.29 is 4.74 Å². The Balaban J connectivity index is 2.63. The molecule has 0 unspecified atom stereocenters. The minimum atomic E-state index is 0.457. The molecule has 0 radical (unpaired) electrons. The van der Waals surface area contributed by atoms with Crippen molar-refractivity contribution in [3.63, 3.8) is 0 Å². The molecule has 0 heterocycles. The average Bonchev–Trinajstić information content (AvgIpc) is 2.20. The summed E-state index contributed by atoms with van der Waals surface area (Å²) in [4.78, 5) is 0. The van der Waals surface area contributed by atoms with Gasteiger partial charge in [-0.3, -0.25) is 0 Å². The van der Waals surface area contributed by atoms with Crippen LogP contribution in [0.5, 0.6) is 5.75 Å². The molecule has 0 aliphatic carbocycles. The van der Waals surface area contributed by atoms with Crippen LogP contribution in [0.25, 0.3) is 6.08 Å². The van der Waals surface area contributed by atoms with Crippen molar-refractivity contribution in [2.45, 2.75) is 20.8 Å². The van der Waals surface area contributed by atoms with Crippen LogP contribution in [0.1, 0.15) is 26.3 Å². The van der Waals surface area contributed by atoms with Gasteiger partial charge in [0.2, 0.25) is 0 Å². The van der Waals surface area contributed by atoms with Gasteiger partial charge in [-0.1, -0.05) is 29.7 Å². The van der Waals surface area contributed by atoms with E-state index in [1.807, 2.05) is 24.3 Å². The lowest BCUT2D eigenvalue weighted by atomic mass is 10.1. The third-order valence-corrected chi connectivity index (χ3v) is 1.82. The predicted molar refractivity (Wildman–Crippen MR) is 64.7 cm³/mol. The Morgan fingerprint density at radius 3 is 2.47 bits per heavy atom. The highest BCUT2D eigenvalue weighted by Gasteiger charge is 1.92. The maximum Gasteiger partial charge on any atom is 0.149 e. The molecule has 0 saturated heterocycles. The fraction of sp³-hybridized carbons (Fsp3) is 0.286. The lowest BCUT2D eigenvalue weighted by molar-refractivity contribution is 0.370. The van der Waals surface area contributed by atoms with Crippen LogP contribution in [0.3, 0.4) is 0 Å². The van der Waals surface area contributed by atoms with Crippen LogP contribution in [0.15, 0.2) is 29.8 Å². The molecule has 1 nitrogen and oxygen atoms in total. The zero-order valence-electron chi connectivity index (χ0n) is 9.50. The normalized spacial score (nSPS) is 8.73. The maximum atomic E-state index is 5.41. The zero-order valence-corrected chi connectivity index (χ0v) is 9.50. The van der Waals surface area contributed by atoms with Crippen molar-refractivity contribution >= 4 is 6.08 Å². The van der Waals surface area contributed by atoms with Gasteiger partial charge in [0.25, 0.3) is 0 Å². The monoisotopic (exact) mass is 200 g/mol. The van der Waals surface area contributed by atoms with Gasteiger partial charge in [0.1, 0.15) is 12.4 Å². The molecule has 0 aliphatic rings. The van der Waals surface area contributed by atoms with Crippen molar-refractivity contribution in [3.8, 4) is 17.6 Å². The smallest absolute Gasteiger partial charge is 0.149 e. The van der Waals surface area contributed by atoms with E-state index in [0.717, 1.165) is 5.75 Å². The second-order valence-electron chi connectivity index (χ2n) is 3.51. The van der Waals surface area contributed by atoms with E-state index in [4.69, 9.17) is 4.74 Å². The molecular weight excluding hydrogens is 184 g/mol. The minimum absolute atomic E-state index is 0.457.